The zero-order valence-electron chi connectivity index (χ0n) is 22.5. The third-order valence-corrected chi connectivity index (χ3v) is 8.30. The fraction of sp³-hybridized carbons (Fsp3) is 0.467. The molecule has 1 saturated carbocycles. The van der Waals surface area contributed by atoms with Gasteiger partial charge in [-0.25, -0.2) is 8.78 Å². The topological polar surface area (TPSA) is 83.8 Å². The molecule has 2 N–H and O–H groups in total. The number of nitrogens with one attached hydrogen (secondary N) is 1. The number of likely N-dealkylation sites (tertiary alicyclic amines) is 1. The zero-order chi connectivity index (χ0) is 28.4. The maximum absolute atomic E-state index is 14.3. The van der Waals surface area contributed by atoms with Crippen LogP contribution in [0.5, 0.6) is 5.75 Å². The first-order chi connectivity index (χ1) is 19.2. The molecule has 2 heterocycles. The number of aliphatic hydroxyl groups is 1. The number of carbonyl (C=O) groups is 1. The summed E-state index contributed by atoms with van der Waals surface area (Å²) >= 11 is 6.04. The highest BCUT2D eigenvalue weighted by atomic mass is 35.5. The summed E-state index contributed by atoms with van der Waals surface area (Å²) in [5.74, 6) is -1.14. The van der Waals surface area contributed by atoms with Crippen molar-refractivity contribution in [2.45, 2.75) is 63.6 Å². The number of piperidine rings is 1. The SMILES string of the molecule is Cc1ccc(OC[C@H](O)CN2CCC(NC(=O)c3cn(C4CCCC4)c4cc(Cl)c(F)cc4c3=O)CC2)cc1F. The van der Waals surface area contributed by atoms with E-state index in [-0.39, 0.29) is 40.5 Å². The first-order valence-corrected chi connectivity index (χ1v) is 14.2. The lowest BCUT2D eigenvalue weighted by molar-refractivity contribution is 0.0567. The van der Waals surface area contributed by atoms with Gasteiger partial charge in [0.15, 0.2) is 0 Å². The Morgan fingerprint density at radius 2 is 1.85 bits per heavy atom. The summed E-state index contributed by atoms with van der Waals surface area (Å²) in [4.78, 5) is 28.6. The normalized spacial score (nSPS) is 17.8. The Balaban J connectivity index is 1.20. The Morgan fingerprint density at radius 3 is 2.55 bits per heavy atom. The smallest absolute Gasteiger partial charge is 0.256 e. The Morgan fingerprint density at radius 1 is 1.12 bits per heavy atom. The summed E-state index contributed by atoms with van der Waals surface area (Å²) in [6.07, 6.45) is 6.11. The standard InChI is InChI=1S/C30H34ClF2N3O4/c1-18-6-7-22(12-26(18)32)40-17-21(37)15-35-10-8-19(9-11-35)34-30(39)24-16-36(20-4-2-3-5-20)28-14-25(31)27(33)13-23(28)29(24)38/h6-7,12-14,16,19-21,37H,2-5,8-11,15,17H2,1H3,(H,34,39)/t21-/m1/s1. The van der Waals surface area contributed by atoms with Crippen molar-refractivity contribution in [3.8, 4) is 5.75 Å². The molecule has 0 unspecified atom stereocenters. The van der Waals surface area contributed by atoms with Crippen molar-refractivity contribution in [3.05, 3.63) is 74.5 Å². The molecule has 1 aromatic heterocycles. The van der Waals surface area contributed by atoms with Gasteiger partial charge in [-0.1, -0.05) is 30.5 Å². The number of pyridine rings is 1. The van der Waals surface area contributed by atoms with Crippen LogP contribution in [0.25, 0.3) is 10.9 Å². The molecule has 1 atom stereocenters. The highest BCUT2D eigenvalue weighted by Crippen LogP contribution is 2.33. The lowest BCUT2D eigenvalue weighted by Crippen LogP contribution is -2.47. The molecule has 214 valence electrons. The number of β-amino-alcohol motifs (C(OH)–C–C–N with tert-alkyl or cyclic N) is 1. The van der Waals surface area contributed by atoms with Crippen molar-refractivity contribution in [1.29, 1.82) is 0 Å². The van der Waals surface area contributed by atoms with Gasteiger partial charge in [-0.3, -0.25) is 9.59 Å². The van der Waals surface area contributed by atoms with Gasteiger partial charge in [-0.05, 0) is 56.4 Å². The van der Waals surface area contributed by atoms with Gasteiger partial charge in [0.25, 0.3) is 5.91 Å². The second kappa shape index (κ2) is 12.2. The van der Waals surface area contributed by atoms with E-state index < -0.39 is 23.3 Å². The minimum Gasteiger partial charge on any atom is -0.491 e. The van der Waals surface area contributed by atoms with Crippen LogP contribution >= 0.6 is 11.6 Å². The third kappa shape index (κ3) is 6.32. The highest BCUT2D eigenvalue weighted by molar-refractivity contribution is 6.31. The predicted molar refractivity (Wildman–Crippen MR) is 150 cm³/mol. The van der Waals surface area contributed by atoms with Crippen molar-refractivity contribution in [3.63, 3.8) is 0 Å². The van der Waals surface area contributed by atoms with Gasteiger partial charge < -0.3 is 24.6 Å². The van der Waals surface area contributed by atoms with Crippen LogP contribution < -0.4 is 15.5 Å². The van der Waals surface area contributed by atoms with E-state index in [1.165, 1.54) is 12.1 Å². The van der Waals surface area contributed by atoms with Gasteiger partial charge in [0, 0.05) is 49.4 Å². The van der Waals surface area contributed by atoms with Crippen LogP contribution in [0.15, 0.2) is 41.3 Å². The largest absolute Gasteiger partial charge is 0.491 e. The highest BCUT2D eigenvalue weighted by Gasteiger charge is 2.26. The summed E-state index contributed by atoms with van der Waals surface area (Å²) in [6.45, 7) is 3.40. The summed E-state index contributed by atoms with van der Waals surface area (Å²) in [5, 5.41) is 13.5. The number of rotatable bonds is 8. The summed E-state index contributed by atoms with van der Waals surface area (Å²) in [5.41, 5.74) is 0.569. The number of hydrogen-bond donors (Lipinski definition) is 2. The first-order valence-electron chi connectivity index (χ1n) is 13.8. The molecule has 3 aromatic rings. The number of benzene rings is 2. The fourth-order valence-electron chi connectivity index (χ4n) is 5.72. The Kier molecular flexibility index (Phi) is 8.73. The summed E-state index contributed by atoms with van der Waals surface area (Å²) in [6, 6.07) is 7.20. The number of ether oxygens (including phenoxy) is 1. The molecule has 0 radical (unpaired) electrons. The van der Waals surface area contributed by atoms with Gasteiger partial charge in [0.05, 0.1) is 10.5 Å². The van der Waals surface area contributed by atoms with Crippen LogP contribution in [0.2, 0.25) is 5.02 Å². The molecular weight excluding hydrogens is 540 g/mol. The van der Waals surface area contributed by atoms with Crippen LogP contribution in [-0.4, -0.2) is 58.9 Å². The van der Waals surface area contributed by atoms with E-state index in [1.807, 2.05) is 4.57 Å². The van der Waals surface area contributed by atoms with Gasteiger partial charge in [0.1, 0.15) is 35.7 Å². The molecule has 5 rings (SSSR count). The van der Waals surface area contributed by atoms with Crippen LogP contribution in [0, 0.1) is 18.6 Å². The van der Waals surface area contributed by atoms with E-state index in [1.54, 1.807) is 25.3 Å². The minimum atomic E-state index is -0.754. The van der Waals surface area contributed by atoms with Crippen LogP contribution in [0.1, 0.15) is 60.5 Å². The Hall–Kier alpha value is -3.01. The lowest BCUT2D eigenvalue weighted by Gasteiger charge is -2.33. The molecule has 0 spiro atoms. The fourth-order valence-corrected chi connectivity index (χ4v) is 5.88. The number of hydrogen-bond acceptors (Lipinski definition) is 5. The summed E-state index contributed by atoms with van der Waals surface area (Å²) < 4.78 is 35.5. The number of aromatic nitrogens is 1. The zero-order valence-corrected chi connectivity index (χ0v) is 23.2. The van der Waals surface area contributed by atoms with Crippen LogP contribution in [0.4, 0.5) is 8.78 Å². The second-order valence-electron chi connectivity index (χ2n) is 10.9. The quantitative estimate of drug-likeness (QED) is 0.397. The first kappa shape index (κ1) is 28.5. The van der Waals surface area contributed by atoms with Crippen LogP contribution in [0.3, 0.4) is 0 Å². The third-order valence-electron chi connectivity index (χ3n) is 8.01. The Bertz CT molecular complexity index is 1450. The molecule has 2 aliphatic rings. The molecule has 0 bridgehead atoms. The molecule has 1 amide bonds. The Labute approximate surface area is 236 Å². The predicted octanol–water partition coefficient (Wildman–Crippen LogP) is 4.99. The van der Waals surface area contributed by atoms with Gasteiger partial charge in [-0.2, -0.15) is 0 Å². The number of aryl methyl sites for hydroxylation is 1. The molecule has 2 fully saturated rings. The molecule has 7 nitrogen and oxygen atoms in total. The van der Waals surface area contributed by atoms with Gasteiger partial charge in [0.2, 0.25) is 5.43 Å². The van der Waals surface area contributed by atoms with E-state index in [0.717, 1.165) is 31.7 Å². The number of nitrogens with zero attached hydrogens (tertiary/aromatic N) is 2. The summed E-state index contributed by atoms with van der Waals surface area (Å²) in [7, 11) is 0. The molecule has 1 aliphatic heterocycles. The van der Waals surface area contributed by atoms with E-state index in [2.05, 4.69) is 10.2 Å². The number of fused-ring (bicyclic) bond motifs is 1. The number of halogens is 3. The minimum absolute atomic E-state index is 0.00339. The van der Waals surface area contributed by atoms with Crippen molar-refractivity contribution in [1.82, 2.24) is 14.8 Å². The van der Waals surface area contributed by atoms with Gasteiger partial charge in [-0.15, -0.1) is 0 Å². The number of carbonyl (C=O) groups excluding carboxylic acids is 1. The van der Waals surface area contributed by atoms with E-state index >= 15 is 0 Å². The maximum Gasteiger partial charge on any atom is 0.256 e. The second-order valence-corrected chi connectivity index (χ2v) is 11.3. The average Bonchev–Trinajstić information content (AvgIpc) is 3.47. The maximum atomic E-state index is 14.3. The molecule has 10 heteroatoms. The molecule has 1 aliphatic carbocycles. The van der Waals surface area contributed by atoms with Crippen LogP contribution in [-0.2, 0) is 0 Å². The van der Waals surface area contributed by atoms with Crippen molar-refractivity contribution >= 4 is 28.4 Å². The monoisotopic (exact) mass is 573 g/mol. The van der Waals surface area contributed by atoms with Crippen molar-refractivity contribution in [2.24, 2.45) is 0 Å². The molecule has 1 saturated heterocycles. The number of amides is 1. The molecular formula is C30H34ClF2N3O4. The average molecular weight is 574 g/mol. The number of aliphatic hydroxyl groups excluding tert-OH is 1. The van der Waals surface area contributed by atoms with E-state index in [9.17, 15) is 23.5 Å². The van der Waals surface area contributed by atoms with E-state index in [4.69, 9.17) is 16.3 Å². The lowest BCUT2D eigenvalue weighted by atomic mass is 10.0. The van der Waals surface area contributed by atoms with Gasteiger partial charge >= 0.3 is 0 Å². The van der Waals surface area contributed by atoms with Crippen molar-refractivity contribution in [2.75, 3.05) is 26.2 Å². The van der Waals surface area contributed by atoms with Crippen molar-refractivity contribution < 1.29 is 23.4 Å². The molecule has 2 aromatic carbocycles. The van der Waals surface area contributed by atoms with E-state index in [0.29, 0.717) is 49.3 Å². The molecule has 40 heavy (non-hydrogen) atoms.